The van der Waals surface area contributed by atoms with Crippen LogP contribution >= 0.6 is 0 Å². The maximum atomic E-state index is 12.2. The first kappa shape index (κ1) is 15.9. The van der Waals surface area contributed by atoms with Crippen LogP contribution in [-0.4, -0.2) is 53.1 Å². The molecular weight excluding hydrogens is 268 g/mol. The number of carbonyl (C=O) groups excluding carboxylic acids is 2. The van der Waals surface area contributed by atoms with Crippen molar-refractivity contribution in [1.82, 2.24) is 9.80 Å². The van der Waals surface area contributed by atoms with Gasteiger partial charge in [-0.3, -0.25) is 4.79 Å². The highest BCUT2D eigenvalue weighted by molar-refractivity contribution is 5.79. The molecule has 0 radical (unpaired) electrons. The monoisotopic (exact) mass is 294 g/mol. The first-order valence-corrected chi connectivity index (χ1v) is 7.70. The number of piperidine rings is 1. The maximum absolute atomic E-state index is 12.2. The van der Waals surface area contributed by atoms with Gasteiger partial charge in [-0.1, -0.05) is 6.08 Å². The molecule has 0 aliphatic carbocycles. The summed E-state index contributed by atoms with van der Waals surface area (Å²) >= 11 is 0. The SMILES string of the molecule is C=CC1CC(=O)N([C@@H]2CCCN(C(=O)OC(C)(C)C)C2)C1. The zero-order chi connectivity index (χ0) is 15.6. The second-order valence-electron chi connectivity index (χ2n) is 6.97. The Morgan fingerprint density at radius 3 is 2.67 bits per heavy atom. The molecule has 0 saturated carbocycles. The Morgan fingerprint density at radius 1 is 1.38 bits per heavy atom. The molecule has 21 heavy (non-hydrogen) atoms. The molecule has 2 atom stereocenters. The van der Waals surface area contributed by atoms with Crippen LogP contribution in [-0.2, 0) is 9.53 Å². The van der Waals surface area contributed by atoms with Gasteiger partial charge < -0.3 is 14.5 Å². The van der Waals surface area contributed by atoms with Crippen molar-refractivity contribution in [3.8, 4) is 0 Å². The zero-order valence-corrected chi connectivity index (χ0v) is 13.3. The Labute approximate surface area is 126 Å². The minimum Gasteiger partial charge on any atom is -0.444 e. The van der Waals surface area contributed by atoms with E-state index in [9.17, 15) is 9.59 Å². The molecule has 1 unspecified atom stereocenters. The van der Waals surface area contributed by atoms with Crippen LogP contribution in [0.1, 0.15) is 40.0 Å². The smallest absolute Gasteiger partial charge is 0.410 e. The van der Waals surface area contributed by atoms with E-state index in [0.29, 0.717) is 19.5 Å². The van der Waals surface area contributed by atoms with Gasteiger partial charge in [-0.15, -0.1) is 6.58 Å². The Balaban J connectivity index is 1.96. The fourth-order valence-electron chi connectivity index (χ4n) is 2.97. The third-order valence-corrected chi connectivity index (χ3v) is 4.01. The first-order chi connectivity index (χ1) is 9.80. The van der Waals surface area contributed by atoms with Gasteiger partial charge in [-0.25, -0.2) is 4.79 Å². The van der Waals surface area contributed by atoms with Gasteiger partial charge in [0, 0.05) is 38.0 Å². The topological polar surface area (TPSA) is 49.9 Å². The van der Waals surface area contributed by atoms with Gasteiger partial charge >= 0.3 is 6.09 Å². The number of rotatable bonds is 2. The van der Waals surface area contributed by atoms with Crippen LogP contribution < -0.4 is 0 Å². The normalized spacial score (nSPS) is 26.9. The van der Waals surface area contributed by atoms with Crippen LogP contribution in [0.3, 0.4) is 0 Å². The summed E-state index contributed by atoms with van der Waals surface area (Å²) in [6, 6.07) is 0.115. The lowest BCUT2D eigenvalue weighted by molar-refractivity contribution is -0.130. The fourth-order valence-corrected chi connectivity index (χ4v) is 2.97. The second kappa shape index (κ2) is 6.08. The van der Waals surface area contributed by atoms with Crippen LogP contribution in [0, 0.1) is 5.92 Å². The summed E-state index contributed by atoms with van der Waals surface area (Å²) in [7, 11) is 0. The van der Waals surface area contributed by atoms with Crippen LogP contribution in [0.5, 0.6) is 0 Å². The molecule has 2 rings (SSSR count). The summed E-state index contributed by atoms with van der Waals surface area (Å²) in [6.07, 6.45) is 3.99. The molecule has 2 amide bonds. The fraction of sp³-hybridized carbons (Fsp3) is 0.750. The first-order valence-electron chi connectivity index (χ1n) is 7.70. The van der Waals surface area contributed by atoms with E-state index in [2.05, 4.69) is 6.58 Å². The van der Waals surface area contributed by atoms with Gasteiger partial charge in [0.25, 0.3) is 0 Å². The van der Waals surface area contributed by atoms with Crippen molar-refractivity contribution < 1.29 is 14.3 Å². The van der Waals surface area contributed by atoms with E-state index in [1.165, 1.54) is 0 Å². The summed E-state index contributed by atoms with van der Waals surface area (Å²) in [4.78, 5) is 27.9. The van der Waals surface area contributed by atoms with Crippen molar-refractivity contribution >= 4 is 12.0 Å². The molecule has 2 saturated heterocycles. The number of ether oxygens (including phenoxy) is 1. The van der Waals surface area contributed by atoms with E-state index in [-0.39, 0.29) is 24.0 Å². The highest BCUT2D eigenvalue weighted by Crippen LogP contribution is 2.26. The summed E-state index contributed by atoms with van der Waals surface area (Å²) in [6.45, 7) is 11.4. The molecule has 2 fully saturated rings. The Bertz CT molecular complexity index is 428. The molecule has 0 spiro atoms. The van der Waals surface area contributed by atoms with Crippen LogP contribution in [0.25, 0.3) is 0 Å². The average molecular weight is 294 g/mol. The Hall–Kier alpha value is -1.52. The largest absolute Gasteiger partial charge is 0.444 e. The van der Waals surface area contributed by atoms with E-state index in [0.717, 1.165) is 19.4 Å². The van der Waals surface area contributed by atoms with Gasteiger partial charge in [0.1, 0.15) is 5.60 Å². The summed E-state index contributed by atoms with van der Waals surface area (Å²) in [5, 5.41) is 0. The second-order valence-corrected chi connectivity index (χ2v) is 6.97. The molecule has 2 aliphatic rings. The van der Waals surface area contributed by atoms with Gasteiger partial charge in [0.2, 0.25) is 5.91 Å². The molecule has 5 nitrogen and oxygen atoms in total. The molecule has 5 heteroatoms. The Kier molecular flexibility index (Phi) is 4.59. The standard InChI is InChI=1S/C16H26N2O3/c1-5-12-9-14(19)18(10-12)13-7-6-8-17(11-13)15(20)21-16(2,3)4/h5,12-13H,1,6-11H2,2-4H3/t12?,13-/m1/s1. The number of hydrogen-bond donors (Lipinski definition) is 0. The van der Waals surface area contributed by atoms with Gasteiger partial charge in [0.05, 0.1) is 0 Å². The quantitative estimate of drug-likeness (QED) is 0.735. The van der Waals surface area contributed by atoms with E-state index in [1.54, 1.807) is 4.90 Å². The van der Waals surface area contributed by atoms with Crippen LogP contribution in [0.2, 0.25) is 0 Å². The average Bonchev–Trinajstić information content (AvgIpc) is 2.78. The number of hydrogen-bond acceptors (Lipinski definition) is 3. The van der Waals surface area contributed by atoms with E-state index < -0.39 is 5.60 Å². The third-order valence-electron chi connectivity index (χ3n) is 4.01. The van der Waals surface area contributed by atoms with E-state index in [1.807, 2.05) is 31.7 Å². The molecule has 118 valence electrons. The molecule has 0 N–H and O–H groups in total. The summed E-state index contributed by atoms with van der Waals surface area (Å²) in [5.41, 5.74) is -0.485. The van der Waals surface area contributed by atoms with Crippen LogP contribution in [0.15, 0.2) is 12.7 Å². The van der Waals surface area contributed by atoms with Gasteiger partial charge in [-0.05, 0) is 33.6 Å². The van der Waals surface area contributed by atoms with Crippen LogP contribution in [0.4, 0.5) is 4.79 Å². The summed E-state index contributed by atoms with van der Waals surface area (Å²) < 4.78 is 5.42. The van der Waals surface area contributed by atoms with Crippen molar-refractivity contribution in [2.75, 3.05) is 19.6 Å². The molecule has 2 heterocycles. The third kappa shape index (κ3) is 3.99. The zero-order valence-electron chi connectivity index (χ0n) is 13.3. The predicted molar refractivity (Wildman–Crippen MR) is 80.8 cm³/mol. The summed E-state index contributed by atoms with van der Waals surface area (Å²) in [5.74, 6) is 0.422. The van der Waals surface area contributed by atoms with Crippen molar-refractivity contribution in [3.05, 3.63) is 12.7 Å². The van der Waals surface area contributed by atoms with E-state index >= 15 is 0 Å². The highest BCUT2D eigenvalue weighted by atomic mass is 16.6. The number of likely N-dealkylation sites (tertiary alicyclic amines) is 2. The minimum atomic E-state index is -0.485. The molecule has 0 aromatic carbocycles. The molecule has 2 aliphatic heterocycles. The predicted octanol–water partition coefficient (Wildman–Crippen LogP) is 2.42. The highest BCUT2D eigenvalue weighted by Gasteiger charge is 2.36. The van der Waals surface area contributed by atoms with Gasteiger partial charge in [0.15, 0.2) is 0 Å². The van der Waals surface area contributed by atoms with Gasteiger partial charge in [-0.2, -0.15) is 0 Å². The minimum absolute atomic E-state index is 0.115. The van der Waals surface area contributed by atoms with Crippen molar-refractivity contribution in [3.63, 3.8) is 0 Å². The van der Waals surface area contributed by atoms with E-state index in [4.69, 9.17) is 4.74 Å². The lowest BCUT2D eigenvalue weighted by Gasteiger charge is -2.38. The molecule has 0 aromatic heterocycles. The number of nitrogens with zero attached hydrogens (tertiary/aromatic N) is 2. The lowest BCUT2D eigenvalue weighted by Crippen LogP contribution is -2.51. The van der Waals surface area contributed by atoms with Crippen molar-refractivity contribution in [2.45, 2.75) is 51.7 Å². The molecular formula is C16H26N2O3. The molecule has 0 bridgehead atoms. The van der Waals surface area contributed by atoms with Crippen molar-refractivity contribution in [2.24, 2.45) is 5.92 Å². The number of amides is 2. The number of carbonyl (C=O) groups is 2. The lowest BCUT2D eigenvalue weighted by atomic mass is 10.0. The molecule has 0 aromatic rings. The van der Waals surface area contributed by atoms with Crippen molar-refractivity contribution in [1.29, 1.82) is 0 Å². The maximum Gasteiger partial charge on any atom is 0.410 e. The Morgan fingerprint density at radius 2 is 2.10 bits per heavy atom.